The van der Waals surface area contributed by atoms with E-state index in [1.54, 1.807) is 7.11 Å². The van der Waals surface area contributed by atoms with Crippen molar-refractivity contribution in [2.24, 2.45) is 0 Å². The lowest BCUT2D eigenvalue weighted by Gasteiger charge is -2.52. The number of rotatable bonds is 10. The van der Waals surface area contributed by atoms with E-state index in [-0.39, 0.29) is 18.5 Å². The van der Waals surface area contributed by atoms with Gasteiger partial charge in [0.05, 0.1) is 11.0 Å². The van der Waals surface area contributed by atoms with Crippen LogP contribution >= 0.6 is 0 Å². The van der Waals surface area contributed by atoms with Gasteiger partial charge in [-0.1, -0.05) is 36.4 Å². The second-order valence-electron chi connectivity index (χ2n) is 9.99. The lowest BCUT2D eigenvalue weighted by molar-refractivity contribution is -0.174. The second-order valence-corrected chi connectivity index (χ2v) is 9.99. The van der Waals surface area contributed by atoms with Gasteiger partial charge in [-0.2, -0.15) is 0 Å². The van der Waals surface area contributed by atoms with Gasteiger partial charge >= 0.3 is 5.97 Å². The summed E-state index contributed by atoms with van der Waals surface area (Å²) in [7, 11) is 3.71. The summed E-state index contributed by atoms with van der Waals surface area (Å²) in [5, 5.41) is 0. The van der Waals surface area contributed by atoms with Crippen molar-refractivity contribution >= 4 is 17.0 Å². The lowest BCUT2D eigenvalue weighted by Crippen LogP contribution is -2.51. The third-order valence-corrected chi connectivity index (χ3v) is 7.73. The van der Waals surface area contributed by atoms with Crippen molar-refractivity contribution in [2.75, 3.05) is 33.9 Å². The van der Waals surface area contributed by atoms with E-state index in [9.17, 15) is 4.79 Å². The maximum Gasteiger partial charge on any atom is 0.332 e. The predicted octanol–water partition coefficient (Wildman–Crippen LogP) is 4.81. The number of methoxy groups -OCH3 is 1. The normalized spacial score (nSPS) is 23.4. The van der Waals surface area contributed by atoms with Crippen molar-refractivity contribution < 1.29 is 14.3 Å². The molecule has 3 aromatic rings. The quantitative estimate of drug-likeness (QED) is 0.439. The van der Waals surface area contributed by atoms with Gasteiger partial charge < -0.3 is 19.4 Å². The van der Waals surface area contributed by atoms with Crippen LogP contribution in [-0.2, 0) is 20.7 Å². The van der Waals surface area contributed by atoms with Crippen molar-refractivity contribution in [1.82, 2.24) is 14.9 Å². The van der Waals surface area contributed by atoms with Crippen molar-refractivity contribution in [1.29, 1.82) is 0 Å². The first kappa shape index (κ1) is 23.1. The molecule has 0 aliphatic heterocycles. The highest BCUT2D eigenvalue weighted by molar-refractivity contribution is 5.74. The number of fused-ring (bicyclic) bond motifs is 3. The third kappa shape index (κ3) is 4.62. The number of benzene rings is 2. The largest absolute Gasteiger partial charge is 0.457 e. The molecule has 3 aliphatic carbocycles. The Balaban J connectivity index is 1.23. The maximum absolute atomic E-state index is 12.6. The summed E-state index contributed by atoms with van der Waals surface area (Å²) in [5.41, 5.74) is 4.51. The van der Waals surface area contributed by atoms with Crippen LogP contribution in [0.5, 0.6) is 0 Å². The predicted molar refractivity (Wildman–Crippen MR) is 133 cm³/mol. The van der Waals surface area contributed by atoms with Gasteiger partial charge in [-0.15, -0.1) is 0 Å². The van der Waals surface area contributed by atoms with Gasteiger partial charge in [0.25, 0.3) is 0 Å². The van der Waals surface area contributed by atoms with Crippen molar-refractivity contribution in [3.8, 4) is 0 Å². The van der Waals surface area contributed by atoms with Gasteiger partial charge in [-0.3, -0.25) is 0 Å². The van der Waals surface area contributed by atoms with Gasteiger partial charge in [0.15, 0.2) is 0 Å². The summed E-state index contributed by atoms with van der Waals surface area (Å²) in [6, 6.07) is 16.9. The summed E-state index contributed by atoms with van der Waals surface area (Å²) in [6.07, 6.45) is 5.97. The van der Waals surface area contributed by atoms with E-state index >= 15 is 0 Å². The van der Waals surface area contributed by atoms with E-state index in [0.717, 1.165) is 62.1 Å². The Morgan fingerprint density at radius 1 is 1.12 bits per heavy atom. The van der Waals surface area contributed by atoms with Crippen molar-refractivity contribution in [3.63, 3.8) is 0 Å². The van der Waals surface area contributed by atoms with Crippen molar-refractivity contribution in [2.45, 2.75) is 56.0 Å². The first-order chi connectivity index (χ1) is 16.6. The lowest BCUT2D eigenvalue weighted by atomic mass is 9.58. The molecule has 3 aliphatic rings. The topological polar surface area (TPSA) is 67.5 Å². The highest BCUT2D eigenvalue weighted by Crippen LogP contribution is 2.57. The molecular formula is C28H35N3O3. The number of nitrogens with zero attached hydrogens (tertiary/aromatic N) is 2. The molecule has 1 heterocycles. The molecule has 6 rings (SSSR count). The second kappa shape index (κ2) is 9.88. The number of hydrogen-bond acceptors (Lipinski definition) is 5. The number of esters is 1. The molecule has 1 aromatic heterocycles. The van der Waals surface area contributed by atoms with Gasteiger partial charge in [-0.25, -0.2) is 9.78 Å². The third-order valence-electron chi connectivity index (χ3n) is 7.73. The SMILES string of the molecule is COCC(=O)O[C@@]1(CCN(C)CCCc2nc3ccccc3[nH]2)C[C@@H]2CC[C@@H]1c1ccccc12. The van der Waals surface area contributed by atoms with Crippen LogP contribution in [0.1, 0.15) is 60.9 Å². The Morgan fingerprint density at radius 2 is 1.91 bits per heavy atom. The fourth-order valence-corrected chi connectivity index (χ4v) is 6.14. The molecule has 0 saturated heterocycles. The Kier molecular flexibility index (Phi) is 6.70. The number of imidazole rings is 1. The zero-order valence-electron chi connectivity index (χ0n) is 20.3. The van der Waals surface area contributed by atoms with E-state index in [2.05, 4.69) is 47.3 Å². The minimum atomic E-state index is -0.445. The number of hydrogen-bond donors (Lipinski definition) is 1. The minimum absolute atomic E-state index is 0.00806. The number of carbonyl (C=O) groups excluding carboxylic acids is 1. The summed E-state index contributed by atoms with van der Waals surface area (Å²) >= 11 is 0. The highest BCUT2D eigenvalue weighted by atomic mass is 16.6. The number of H-pyrrole nitrogens is 1. The molecule has 0 amide bonds. The Bertz CT molecular complexity index is 1110. The number of nitrogens with one attached hydrogen (secondary N) is 1. The smallest absolute Gasteiger partial charge is 0.332 e. The van der Waals surface area contributed by atoms with Crippen LogP contribution in [0, 0.1) is 0 Å². The van der Waals surface area contributed by atoms with Gasteiger partial charge in [0.1, 0.15) is 18.0 Å². The minimum Gasteiger partial charge on any atom is -0.457 e. The van der Waals surface area contributed by atoms with Gasteiger partial charge in [0, 0.05) is 32.4 Å². The molecule has 1 fully saturated rings. The molecule has 6 heteroatoms. The number of ether oxygens (including phenoxy) is 2. The van der Waals surface area contributed by atoms with Gasteiger partial charge in [0.2, 0.25) is 0 Å². The van der Waals surface area contributed by atoms with E-state index in [4.69, 9.17) is 14.5 Å². The number of aromatic amines is 1. The van der Waals surface area contributed by atoms with Gasteiger partial charge in [-0.05, 0) is 68.5 Å². The van der Waals surface area contributed by atoms with E-state index in [0.29, 0.717) is 5.92 Å². The summed E-state index contributed by atoms with van der Waals surface area (Å²) in [5.74, 6) is 1.52. The number of aromatic nitrogens is 2. The first-order valence-corrected chi connectivity index (χ1v) is 12.5. The van der Waals surface area contributed by atoms with Crippen LogP contribution in [-0.4, -0.2) is 60.3 Å². The summed E-state index contributed by atoms with van der Waals surface area (Å²) in [4.78, 5) is 23.1. The first-order valence-electron chi connectivity index (χ1n) is 12.5. The van der Waals surface area contributed by atoms with Crippen LogP contribution in [0.25, 0.3) is 11.0 Å². The molecule has 1 N–H and O–H groups in total. The molecule has 2 aromatic carbocycles. The summed E-state index contributed by atoms with van der Waals surface area (Å²) < 4.78 is 11.4. The van der Waals surface area contributed by atoms with E-state index < -0.39 is 5.60 Å². The monoisotopic (exact) mass is 461 g/mol. The average molecular weight is 462 g/mol. The Morgan fingerprint density at radius 3 is 2.74 bits per heavy atom. The van der Waals surface area contributed by atoms with Crippen LogP contribution in [0.2, 0.25) is 0 Å². The molecule has 180 valence electrons. The Labute approximate surface area is 201 Å². The van der Waals surface area contributed by atoms with E-state index in [1.165, 1.54) is 17.5 Å². The summed E-state index contributed by atoms with van der Waals surface area (Å²) in [6.45, 7) is 1.88. The molecule has 3 atom stereocenters. The molecule has 0 unspecified atom stereocenters. The molecule has 34 heavy (non-hydrogen) atoms. The van der Waals surface area contributed by atoms with Crippen LogP contribution < -0.4 is 0 Å². The van der Waals surface area contributed by atoms with E-state index in [1.807, 2.05) is 18.2 Å². The molecule has 0 spiro atoms. The zero-order chi connectivity index (χ0) is 23.5. The van der Waals surface area contributed by atoms with Crippen LogP contribution in [0.3, 0.4) is 0 Å². The molecule has 1 saturated carbocycles. The zero-order valence-corrected chi connectivity index (χ0v) is 20.3. The van der Waals surface area contributed by atoms with Crippen molar-refractivity contribution in [3.05, 3.63) is 65.5 Å². The van der Waals surface area contributed by atoms with Crippen LogP contribution in [0.4, 0.5) is 0 Å². The number of aryl methyl sites for hydroxylation is 1. The van der Waals surface area contributed by atoms with Crippen LogP contribution in [0.15, 0.2) is 48.5 Å². The number of para-hydroxylation sites is 2. The fourth-order valence-electron chi connectivity index (χ4n) is 6.14. The molecular weight excluding hydrogens is 426 g/mol. The number of carbonyl (C=O) groups is 1. The molecule has 6 nitrogen and oxygen atoms in total. The molecule has 0 radical (unpaired) electrons. The highest BCUT2D eigenvalue weighted by Gasteiger charge is 2.52. The maximum atomic E-state index is 12.6. The fraction of sp³-hybridized carbons (Fsp3) is 0.500. The standard InChI is InChI=1S/C28H35N3O3/c1-31(16-7-12-26-29-24-10-5-6-11-25(24)30-26)17-15-28(34-27(32)19-33-2)18-20-13-14-23(28)22-9-4-3-8-21(20)22/h3-6,8-11,20,23H,7,12-19H2,1-2H3,(H,29,30)/t20-,23+,28-/m0/s1. The average Bonchev–Trinajstić information content (AvgIpc) is 3.26. The molecule has 2 bridgehead atoms. The Hall–Kier alpha value is -2.70.